The number of methoxy groups -OCH3 is 1. The third kappa shape index (κ3) is 2.65. The minimum absolute atomic E-state index is 0. The molecule has 2 rings (SSSR count). The van der Waals surface area contributed by atoms with Gasteiger partial charge in [-0.1, -0.05) is 19.1 Å². The number of rotatable bonds is 3. The van der Waals surface area contributed by atoms with Crippen LogP contribution in [0.25, 0.3) is 0 Å². The number of hydrogen-bond donors (Lipinski definition) is 2. The van der Waals surface area contributed by atoms with Gasteiger partial charge in [0.1, 0.15) is 11.4 Å². The van der Waals surface area contributed by atoms with Gasteiger partial charge in [-0.25, -0.2) is 4.99 Å². The van der Waals surface area contributed by atoms with Crippen molar-refractivity contribution in [1.82, 2.24) is 0 Å². The first-order valence-corrected chi connectivity index (χ1v) is 6.14. The van der Waals surface area contributed by atoms with Crippen LogP contribution in [0, 0.1) is 0 Å². The van der Waals surface area contributed by atoms with Gasteiger partial charge in [0.15, 0.2) is 0 Å². The highest BCUT2D eigenvalue weighted by molar-refractivity contribution is 6.06. The zero-order chi connectivity index (χ0) is 14.0. The third-order valence-corrected chi connectivity index (χ3v) is 3.29. The normalized spacial score (nSPS) is 21.6. The van der Waals surface area contributed by atoms with E-state index >= 15 is 0 Å². The molecule has 1 atom stereocenters. The number of guanidine groups is 2. The predicted octanol–water partition coefficient (Wildman–Crippen LogP) is -1.73. The molecule has 0 saturated carbocycles. The molecule has 1 aliphatic heterocycles. The number of para-hydroxylation sites is 2. The Kier molecular flexibility index (Phi) is 4.83. The SMILES string of the molecule is CCC1(C)N=C(N)N=C(N)N1c1ccccc1OC.[Cl-]. The number of halogens is 1. The molecule has 1 unspecified atom stereocenters. The number of nitrogens with zero attached hydrogens (tertiary/aromatic N) is 3. The highest BCUT2D eigenvalue weighted by Crippen LogP contribution is 2.36. The Balaban J connectivity index is 0.00000200. The van der Waals surface area contributed by atoms with Crippen molar-refractivity contribution in [2.75, 3.05) is 12.0 Å². The molecule has 0 amide bonds. The zero-order valence-corrected chi connectivity index (χ0v) is 12.6. The average Bonchev–Trinajstić information content (AvgIpc) is 2.38. The Morgan fingerprint density at radius 1 is 1.30 bits per heavy atom. The van der Waals surface area contributed by atoms with Crippen LogP contribution in [0.3, 0.4) is 0 Å². The number of hydrogen-bond acceptors (Lipinski definition) is 6. The summed E-state index contributed by atoms with van der Waals surface area (Å²) in [5.41, 5.74) is 12.0. The van der Waals surface area contributed by atoms with Crippen molar-refractivity contribution in [3.8, 4) is 5.75 Å². The lowest BCUT2D eigenvalue weighted by atomic mass is 10.1. The summed E-state index contributed by atoms with van der Waals surface area (Å²) >= 11 is 0. The average molecular weight is 297 g/mol. The lowest BCUT2D eigenvalue weighted by molar-refractivity contribution is -0.00000500. The van der Waals surface area contributed by atoms with Gasteiger partial charge < -0.3 is 28.6 Å². The van der Waals surface area contributed by atoms with Gasteiger partial charge in [-0.3, -0.25) is 4.90 Å². The first-order valence-electron chi connectivity index (χ1n) is 6.14. The Morgan fingerprint density at radius 3 is 2.55 bits per heavy atom. The van der Waals surface area contributed by atoms with Gasteiger partial charge in [0, 0.05) is 0 Å². The third-order valence-electron chi connectivity index (χ3n) is 3.29. The summed E-state index contributed by atoms with van der Waals surface area (Å²) < 4.78 is 5.38. The van der Waals surface area contributed by atoms with Crippen molar-refractivity contribution in [3.05, 3.63) is 24.3 Å². The molecular weight excluding hydrogens is 278 g/mol. The maximum absolute atomic E-state index is 6.04. The molecule has 4 N–H and O–H groups in total. The molecule has 1 aromatic rings. The summed E-state index contributed by atoms with van der Waals surface area (Å²) in [6, 6.07) is 7.62. The first-order chi connectivity index (χ1) is 9.01. The Bertz CT molecular complexity index is 545. The van der Waals surface area contributed by atoms with Gasteiger partial charge in [-0.05, 0) is 25.5 Å². The maximum atomic E-state index is 6.04. The van der Waals surface area contributed by atoms with Crippen LogP contribution in [-0.2, 0) is 0 Å². The molecule has 0 aromatic heterocycles. The highest BCUT2D eigenvalue weighted by Gasteiger charge is 2.37. The second-order valence-corrected chi connectivity index (χ2v) is 4.52. The smallest absolute Gasteiger partial charge is 0.220 e. The van der Waals surface area contributed by atoms with E-state index < -0.39 is 5.66 Å². The largest absolute Gasteiger partial charge is 1.00 e. The van der Waals surface area contributed by atoms with E-state index in [1.54, 1.807) is 7.11 Å². The molecule has 1 aliphatic rings. The second-order valence-electron chi connectivity index (χ2n) is 4.52. The van der Waals surface area contributed by atoms with Crippen molar-refractivity contribution in [2.45, 2.75) is 25.9 Å². The second kappa shape index (κ2) is 6.00. The van der Waals surface area contributed by atoms with E-state index in [9.17, 15) is 0 Å². The van der Waals surface area contributed by atoms with Crippen LogP contribution in [0.15, 0.2) is 34.3 Å². The summed E-state index contributed by atoms with van der Waals surface area (Å²) in [7, 11) is 1.62. The number of ether oxygens (including phenoxy) is 1. The fourth-order valence-electron chi connectivity index (χ4n) is 2.17. The van der Waals surface area contributed by atoms with Crippen molar-refractivity contribution in [2.24, 2.45) is 21.5 Å². The molecule has 0 radical (unpaired) electrons. The van der Waals surface area contributed by atoms with Gasteiger partial charge in [0.2, 0.25) is 11.9 Å². The molecule has 0 spiro atoms. The van der Waals surface area contributed by atoms with E-state index in [2.05, 4.69) is 9.98 Å². The summed E-state index contributed by atoms with van der Waals surface area (Å²) in [6.07, 6.45) is 0.738. The summed E-state index contributed by atoms with van der Waals surface area (Å²) in [5.74, 6) is 1.24. The quantitative estimate of drug-likeness (QED) is 0.694. The van der Waals surface area contributed by atoms with E-state index in [4.69, 9.17) is 16.2 Å². The van der Waals surface area contributed by atoms with Crippen LogP contribution in [0.1, 0.15) is 20.3 Å². The standard InChI is InChI=1S/C13H19N5O.ClH/c1-4-13(2)17-11(14)16-12(15)18(13)9-7-5-6-8-10(9)19-3;/h5-8H,4H2,1-3H3,(H4,14,15,16,17);1H/p-1. The number of aliphatic imine (C=N–C) groups is 2. The molecule has 0 saturated heterocycles. The molecule has 6 nitrogen and oxygen atoms in total. The van der Waals surface area contributed by atoms with E-state index in [-0.39, 0.29) is 18.4 Å². The maximum Gasteiger partial charge on any atom is 0.220 e. The molecule has 1 aromatic carbocycles. The molecule has 0 bridgehead atoms. The van der Waals surface area contributed by atoms with E-state index in [1.165, 1.54) is 0 Å². The molecule has 110 valence electrons. The molecule has 0 fully saturated rings. The van der Waals surface area contributed by atoms with E-state index in [1.807, 2.05) is 43.0 Å². The van der Waals surface area contributed by atoms with Gasteiger partial charge in [-0.15, -0.1) is 0 Å². The van der Waals surface area contributed by atoms with Crippen LogP contribution in [0.4, 0.5) is 5.69 Å². The van der Waals surface area contributed by atoms with Crippen LogP contribution in [-0.4, -0.2) is 24.7 Å². The fourth-order valence-corrected chi connectivity index (χ4v) is 2.17. The molecule has 0 aliphatic carbocycles. The van der Waals surface area contributed by atoms with Crippen molar-refractivity contribution < 1.29 is 17.1 Å². The lowest BCUT2D eigenvalue weighted by Crippen LogP contribution is -3.00. The Hall–Kier alpha value is -1.95. The summed E-state index contributed by atoms with van der Waals surface area (Å²) in [4.78, 5) is 10.3. The van der Waals surface area contributed by atoms with Gasteiger partial charge in [0.25, 0.3) is 0 Å². The first kappa shape index (κ1) is 16.1. The summed E-state index contributed by atoms with van der Waals surface area (Å²) in [5, 5.41) is 0. The zero-order valence-electron chi connectivity index (χ0n) is 11.8. The van der Waals surface area contributed by atoms with Gasteiger partial charge in [0.05, 0.1) is 12.8 Å². The van der Waals surface area contributed by atoms with Gasteiger partial charge in [-0.2, -0.15) is 4.99 Å². The lowest BCUT2D eigenvalue weighted by Gasteiger charge is -2.40. The summed E-state index contributed by atoms with van der Waals surface area (Å²) in [6.45, 7) is 3.99. The van der Waals surface area contributed by atoms with Crippen LogP contribution in [0.5, 0.6) is 5.75 Å². The van der Waals surface area contributed by atoms with Crippen molar-refractivity contribution in [3.63, 3.8) is 0 Å². The fraction of sp³-hybridized carbons (Fsp3) is 0.385. The predicted molar refractivity (Wildman–Crippen MR) is 77.4 cm³/mol. The minimum atomic E-state index is -0.565. The Labute approximate surface area is 124 Å². The molecule has 7 heteroatoms. The van der Waals surface area contributed by atoms with E-state index in [0.29, 0.717) is 5.96 Å². The number of anilines is 1. The topological polar surface area (TPSA) is 89.2 Å². The molecule has 20 heavy (non-hydrogen) atoms. The van der Waals surface area contributed by atoms with Crippen molar-refractivity contribution in [1.29, 1.82) is 0 Å². The van der Waals surface area contributed by atoms with Crippen LogP contribution >= 0.6 is 0 Å². The number of nitrogens with two attached hydrogens (primary N) is 2. The van der Waals surface area contributed by atoms with Crippen molar-refractivity contribution >= 4 is 17.6 Å². The Morgan fingerprint density at radius 2 is 1.95 bits per heavy atom. The molecular formula is C13H19ClN5O-. The monoisotopic (exact) mass is 296 g/mol. The minimum Gasteiger partial charge on any atom is -1.00 e. The van der Waals surface area contributed by atoms with Crippen LogP contribution < -0.4 is 33.5 Å². The van der Waals surface area contributed by atoms with E-state index in [0.717, 1.165) is 17.9 Å². The number of benzene rings is 1. The van der Waals surface area contributed by atoms with Crippen LogP contribution in [0.2, 0.25) is 0 Å². The van der Waals surface area contributed by atoms with Gasteiger partial charge >= 0.3 is 0 Å². The molecule has 1 heterocycles. The highest BCUT2D eigenvalue weighted by atomic mass is 35.5.